The Labute approximate surface area is 170 Å². The molecule has 7 nitrogen and oxygen atoms in total. The molecule has 0 spiro atoms. The quantitative estimate of drug-likeness (QED) is 0.688. The van der Waals surface area contributed by atoms with Crippen molar-refractivity contribution >= 4 is 17.6 Å². The largest absolute Gasteiger partial charge is 0.506 e. The number of phenolic OH excluding ortho intramolecular Hbond substituents is 1. The predicted molar refractivity (Wildman–Crippen MR) is 111 cm³/mol. The third-order valence-corrected chi connectivity index (χ3v) is 5.07. The van der Waals surface area contributed by atoms with Crippen LogP contribution < -0.4 is 10.2 Å². The number of carbonyl (C=O) groups is 2. The Balaban J connectivity index is 1.51. The maximum absolute atomic E-state index is 12.5. The number of amides is 1. The third kappa shape index (κ3) is 5.71. The van der Waals surface area contributed by atoms with Gasteiger partial charge in [-0.05, 0) is 17.7 Å². The second-order valence-corrected chi connectivity index (χ2v) is 7.08. The Bertz CT molecular complexity index is 820. The van der Waals surface area contributed by atoms with Crippen LogP contribution in [-0.4, -0.2) is 67.8 Å². The van der Waals surface area contributed by atoms with Gasteiger partial charge < -0.3 is 20.1 Å². The number of carbonyl (C=O) groups excluding carboxylic acids is 2. The lowest BCUT2D eigenvalue weighted by molar-refractivity contribution is -0.145. The SMILES string of the molecule is COC(=O)C(Cc1ccccc1)NC(=O)CN1CCN(c2ccccc2O)CC1. The Hall–Kier alpha value is -3.06. The highest BCUT2D eigenvalue weighted by Crippen LogP contribution is 2.27. The van der Waals surface area contributed by atoms with Crippen molar-refractivity contribution in [2.75, 3.05) is 44.7 Å². The number of methoxy groups -OCH3 is 1. The first-order valence-corrected chi connectivity index (χ1v) is 9.73. The van der Waals surface area contributed by atoms with Crippen LogP contribution in [-0.2, 0) is 20.7 Å². The summed E-state index contributed by atoms with van der Waals surface area (Å²) in [6.45, 7) is 3.05. The van der Waals surface area contributed by atoms with Gasteiger partial charge in [-0.3, -0.25) is 9.69 Å². The highest BCUT2D eigenvalue weighted by molar-refractivity contribution is 5.85. The van der Waals surface area contributed by atoms with Crippen molar-refractivity contribution in [3.63, 3.8) is 0 Å². The average molecular weight is 397 g/mol. The summed E-state index contributed by atoms with van der Waals surface area (Å²) in [4.78, 5) is 28.8. The lowest BCUT2D eigenvalue weighted by atomic mass is 10.1. The van der Waals surface area contributed by atoms with Gasteiger partial charge in [0.2, 0.25) is 5.91 Å². The molecule has 2 aromatic carbocycles. The molecule has 7 heteroatoms. The second-order valence-electron chi connectivity index (χ2n) is 7.08. The number of nitrogens with zero attached hydrogens (tertiary/aromatic N) is 2. The van der Waals surface area contributed by atoms with Crippen LogP contribution >= 0.6 is 0 Å². The van der Waals surface area contributed by atoms with E-state index in [9.17, 15) is 14.7 Å². The van der Waals surface area contributed by atoms with Crippen molar-refractivity contribution in [3.05, 3.63) is 60.2 Å². The minimum Gasteiger partial charge on any atom is -0.506 e. The van der Waals surface area contributed by atoms with Crippen molar-refractivity contribution < 1.29 is 19.4 Å². The number of esters is 1. The molecule has 1 fully saturated rings. The molecular formula is C22H27N3O4. The molecule has 1 amide bonds. The maximum Gasteiger partial charge on any atom is 0.328 e. The zero-order valence-corrected chi connectivity index (χ0v) is 16.6. The predicted octanol–water partition coefficient (Wildman–Crippen LogP) is 1.41. The van der Waals surface area contributed by atoms with E-state index < -0.39 is 12.0 Å². The van der Waals surface area contributed by atoms with E-state index in [1.54, 1.807) is 12.1 Å². The Morgan fingerprint density at radius 2 is 1.69 bits per heavy atom. The molecule has 0 aromatic heterocycles. The average Bonchev–Trinajstić information content (AvgIpc) is 2.74. The van der Waals surface area contributed by atoms with Crippen LogP contribution in [0.1, 0.15) is 5.56 Å². The van der Waals surface area contributed by atoms with Crippen LogP contribution in [0.2, 0.25) is 0 Å². The molecule has 1 heterocycles. The second kappa shape index (κ2) is 9.93. The number of ether oxygens (including phenoxy) is 1. The first-order chi connectivity index (χ1) is 14.1. The van der Waals surface area contributed by atoms with E-state index in [1.807, 2.05) is 47.4 Å². The van der Waals surface area contributed by atoms with Gasteiger partial charge in [0.1, 0.15) is 11.8 Å². The zero-order valence-electron chi connectivity index (χ0n) is 16.6. The molecule has 29 heavy (non-hydrogen) atoms. The first kappa shape index (κ1) is 20.7. The van der Waals surface area contributed by atoms with Crippen LogP contribution in [0.15, 0.2) is 54.6 Å². The summed E-state index contributed by atoms with van der Waals surface area (Å²) < 4.78 is 4.85. The van der Waals surface area contributed by atoms with Gasteiger partial charge >= 0.3 is 5.97 Å². The fourth-order valence-electron chi connectivity index (χ4n) is 3.51. The number of rotatable bonds is 7. The van der Waals surface area contributed by atoms with Crippen LogP contribution in [0.3, 0.4) is 0 Å². The summed E-state index contributed by atoms with van der Waals surface area (Å²) in [6, 6.07) is 16.1. The summed E-state index contributed by atoms with van der Waals surface area (Å²) in [5, 5.41) is 12.8. The molecular weight excluding hydrogens is 370 g/mol. The fourth-order valence-corrected chi connectivity index (χ4v) is 3.51. The molecule has 0 radical (unpaired) electrons. The molecule has 2 aromatic rings. The van der Waals surface area contributed by atoms with E-state index in [0.717, 1.165) is 24.3 Å². The summed E-state index contributed by atoms with van der Waals surface area (Å²) >= 11 is 0. The summed E-state index contributed by atoms with van der Waals surface area (Å²) in [7, 11) is 1.32. The smallest absolute Gasteiger partial charge is 0.328 e. The Morgan fingerprint density at radius 1 is 1.03 bits per heavy atom. The van der Waals surface area contributed by atoms with Gasteiger partial charge in [-0.1, -0.05) is 42.5 Å². The van der Waals surface area contributed by atoms with Gasteiger partial charge in [0.25, 0.3) is 0 Å². The first-order valence-electron chi connectivity index (χ1n) is 9.73. The number of aromatic hydroxyl groups is 1. The summed E-state index contributed by atoms with van der Waals surface area (Å²) in [5.74, 6) is -0.389. The summed E-state index contributed by atoms with van der Waals surface area (Å²) in [5.41, 5.74) is 1.77. The molecule has 2 N–H and O–H groups in total. The molecule has 1 aliphatic heterocycles. The maximum atomic E-state index is 12.5. The number of hydrogen-bond acceptors (Lipinski definition) is 6. The van der Waals surface area contributed by atoms with Crippen LogP contribution in [0.5, 0.6) is 5.75 Å². The molecule has 0 aliphatic carbocycles. The molecule has 3 rings (SSSR count). The van der Waals surface area contributed by atoms with E-state index in [4.69, 9.17) is 4.74 Å². The topological polar surface area (TPSA) is 82.1 Å². The Morgan fingerprint density at radius 3 is 2.34 bits per heavy atom. The van der Waals surface area contributed by atoms with Crippen molar-refractivity contribution in [1.29, 1.82) is 0 Å². The van der Waals surface area contributed by atoms with Crippen molar-refractivity contribution in [2.24, 2.45) is 0 Å². The van der Waals surface area contributed by atoms with Gasteiger partial charge in [-0.25, -0.2) is 4.79 Å². The molecule has 0 bridgehead atoms. The number of benzene rings is 2. The Kier molecular flexibility index (Phi) is 7.08. The molecule has 1 unspecified atom stereocenters. The molecule has 1 atom stereocenters. The highest BCUT2D eigenvalue weighted by atomic mass is 16.5. The number of anilines is 1. The van der Waals surface area contributed by atoms with Crippen LogP contribution in [0.4, 0.5) is 5.69 Å². The van der Waals surface area contributed by atoms with E-state index in [0.29, 0.717) is 19.5 Å². The van der Waals surface area contributed by atoms with Gasteiger partial charge in [-0.15, -0.1) is 0 Å². The van der Waals surface area contributed by atoms with Crippen LogP contribution in [0.25, 0.3) is 0 Å². The monoisotopic (exact) mass is 397 g/mol. The van der Waals surface area contributed by atoms with Crippen LogP contribution in [0, 0.1) is 0 Å². The van der Waals surface area contributed by atoms with Crippen molar-refractivity contribution in [2.45, 2.75) is 12.5 Å². The summed E-state index contributed by atoms with van der Waals surface area (Å²) in [6.07, 6.45) is 0.389. The molecule has 0 saturated carbocycles. The van der Waals surface area contributed by atoms with E-state index in [2.05, 4.69) is 10.2 Å². The normalized spacial score (nSPS) is 15.6. The molecule has 154 valence electrons. The molecule has 1 aliphatic rings. The number of hydrogen-bond donors (Lipinski definition) is 2. The zero-order chi connectivity index (χ0) is 20.6. The minimum atomic E-state index is -0.711. The van der Waals surface area contributed by atoms with Gasteiger partial charge in [0.15, 0.2) is 0 Å². The van der Waals surface area contributed by atoms with E-state index in [1.165, 1.54) is 7.11 Å². The van der Waals surface area contributed by atoms with Gasteiger partial charge in [-0.2, -0.15) is 0 Å². The van der Waals surface area contributed by atoms with Crippen molar-refractivity contribution in [1.82, 2.24) is 10.2 Å². The van der Waals surface area contributed by atoms with Crippen molar-refractivity contribution in [3.8, 4) is 5.75 Å². The fraction of sp³-hybridized carbons (Fsp3) is 0.364. The number of piperazine rings is 1. The highest BCUT2D eigenvalue weighted by Gasteiger charge is 2.25. The minimum absolute atomic E-state index is 0.202. The number of phenols is 1. The lowest BCUT2D eigenvalue weighted by Gasteiger charge is -2.36. The third-order valence-electron chi connectivity index (χ3n) is 5.07. The van der Waals surface area contributed by atoms with Gasteiger partial charge in [0.05, 0.1) is 19.3 Å². The van der Waals surface area contributed by atoms with Gasteiger partial charge in [0, 0.05) is 32.6 Å². The lowest BCUT2D eigenvalue weighted by Crippen LogP contribution is -2.52. The molecule has 1 saturated heterocycles. The van der Waals surface area contributed by atoms with E-state index >= 15 is 0 Å². The van der Waals surface area contributed by atoms with E-state index in [-0.39, 0.29) is 18.2 Å². The standard InChI is InChI=1S/C22H27N3O4/c1-29-22(28)18(15-17-7-3-2-4-8-17)23-21(27)16-24-11-13-25(14-12-24)19-9-5-6-10-20(19)26/h2-10,18,26H,11-16H2,1H3,(H,23,27). The number of nitrogens with one attached hydrogen (secondary N) is 1. The number of para-hydroxylation sites is 2.